The lowest BCUT2D eigenvalue weighted by Gasteiger charge is -2.06. The van der Waals surface area contributed by atoms with Crippen molar-refractivity contribution in [1.82, 2.24) is 5.32 Å². The summed E-state index contributed by atoms with van der Waals surface area (Å²) >= 11 is 0. The molecule has 2 nitrogen and oxygen atoms in total. The molecule has 84 valence electrons. The van der Waals surface area contributed by atoms with Gasteiger partial charge >= 0.3 is 0 Å². The van der Waals surface area contributed by atoms with Crippen molar-refractivity contribution >= 4 is 0 Å². The maximum atomic E-state index is 5.80. The molecule has 1 unspecified atom stereocenters. The highest BCUT2D eigenvalue weighted by molar-refractivity contribution is 5.57. The summed E-state index contributed by atoms with van der Waals surface area (Å²) in [6, 6.07) is 14.7. The quantitative estimate of drug-likeness (QED) is 0.847. The Bertz CT molecular complexity index is 433. The molecule has 0 radical (unpaired) electrons. The van der Waals surface area contributed by atoms with Gasteiger partial charge in [-0.25, -0.2) is 0 Å². The van der Waals surface area contributed by atoms with Crippen molar-refractivity contribution in [3.8, 4) is 11.3 Å². The van der Waals surface area contributed by atoms with Gasteiger partial charge in [-0.05, 0) is 26.1 Å². The van der Waals surface area contributed by atoms with Gasteiger partial charge in [0.1, 0.15) is 11.5 Å². The van der Waals surface area contributed by atoms with Crippen molar-refractivity contribution in [3.05, 3.63) is 48.2 Å². The molecule has 0 saturated carbocycles. The predicted octanol–water partition coefficient (Wildman–Crippen LogP) is 3.10. The van der Waals surface area contributed by atoms with E-state index in [0.29, 0.717) is 6.04 Å². The van der Waals surface area contributed by atoms with Crippen molar-refractivity contribution in [2.45, 2.75) is 19.4 Å². The molecule has 16 heavy (non-hydrogen) atoms. The fourth-order valence-corrected chi connectivity index (χ4v) is 1.65. The second kappa shape index (κ2) is 4.99. The maximum Gasteiger partial charge on any atom is 0.134 e. The third-order valence-corrected chi connectivity index (χ3v) is 2.72. The molecule has 1 N–H and O–H groups in total. The van der Waals surface area contributed by atoms with Crippen molar-refractivity contribution in [3.63, 3.8) is 0 Å². The van der Waals surface area contributed by atoms with Crippen LogP contribution in [0, 0.1) is 0 Å². The van der Waals surface area contributed by atoms with E-state index >= 15 is 0 Å². The molecular weight excluding hydrogens is 198 g/mol. The Hall–Kier alpha value is -1.54. The van der Waals surface area contributed by atoms with Crippen molar-refractivity contribution < 1.29 is 4.42 Å². The molecular formula is C14H17NO. The average Bonchev–Trinajstić information content (AvgIpc) is 2.78. The van der Waals surface area contributed by atoms with Crippen LogP contribution < -0.4 is 5.32 Å². The minimum Gasteiger partial charge on any atom is -0.461 e. The zero-order valence-electron chi connectivity index (χ0n) is 9.73. The number of nitrogens with one attached hydrogen (secondary N) is 1. The Kier molecular flexibility index (Phi) is 3.42. The number of hydrogen-bond donors (Lipinski definition) is 1. The first kappa shape index (κ1) is 11.0. The van der Waals surface area contributed by atoms with E-state index in [-0.39, 0.29) is 0 Å². The van der Waals surface area contributed by atoms with Crippen LogP contribution in [-0.2, 0) is 6.42 Å². The standard InChI is InChI=1S/C14H17NO/c1-11(15-2)10-13-8-9-14(16-13)12-6-4-3-5-7-12/h3-9,11,15H,10H2,1-2H3. The Morgan fingerprint density at radius 1 is 1.12 bits per heavy atom. The van der Waals surface area contributed by atoms with Crippen molar-refractivity contribution in [2.24, 2.45) is 0 Å². The minimum atomic E-state index is 0.440. The summed E-state index contributed by atoms with van der Waals surface area (Å²) in [7, 11) is 1.96. The van der Waals surface area contributed by atoms with Crippen LogP contribution in [-0.4, -0.2) is 13.1 Å². The average molecular weight is 215 g/mol. The Balaban J connectivity index is 2.14. The molecule has 0 aliphatic heterocycles. The lowest BCUT2D eigenvalue weighted by Crippen LogP contribution is -2.23. The zero-order valence-corrected chi connectivity index (χ0v) is 9.73. The Morgan fingerprint density at radius 3 is 2.56 bits per heavy atom. The van der Waals surface area contributed by atoms with Gasteiger partial charge in [0.2, 0.25) is 0 Å². The molecule has 0 bridgehead atoms. The van der Waals surface area contributed by atoms with Gasteiger partial charge < -0.3 is 9.73 Å². The van der Waals surface area contributed by atoms with Gasteiger partial charge in [-0.15, -0.1) is 0 Å². The van der Waals surface area contributed by atoms with Gasteiger partial charge in [-0.3, -0.25) is 0 Å². The molecule has 0 saturated heterocycles. The van der Waals surface area contributed by atoms with Gasteiger partial charge in [0.05, 0.1) is 0 Å². The van der Waals surface area contributed by atoms with Gasteiger partial charge in [-0.2, -0.15) is 0 Å². The van der Waals surface area contributed by atoms with E-state index < -0.39 is 0 Å². The Morgan fingerprint density at radius 2 is 1.88 bits per heavy atom. The van der Waals surface area contributed by atoms with Crippen molar-refractivity contribution in [1.29, 1.82) is 0 Å². The monoisotopic (exact) mass is 215 g/mol. The molecule has 1 heterocycles. The minimum absolute atomic E-state index is 0.440. The summed E-state index contributed by atoms with van der Waals surface area (Å²) in [5.41, 5.74) is 1.13. The normalized spacial score (nSPS) is 12.6. The van der Waals surface area contributed by atoms with E-state index in [1.54, 1.807) is 0 Å². The first-order chi connectivity index (χ1) is 7.79. The first-order valence-corrected chi connectivity index (χ1v) is 5.61. The lowest BCUT2D eigenvalue weighted by atomic mass is 10.2. The van der Waals surface area contributed by atoms with E-state index in [4.69, 9.17) is 4.42 Å². The third-order valence-electron chi connectivity index (χ3n) is 2.72. The number of furan rings is 1. The van der Waals surface area contributed by atoms with Gasteiger partial charge in [0, 0.05) is 18.0 Å². The molecule has 2 aromatic rings. The summed E-state index contributed by atoms with van der Waals surface area (Å²) in [6.07, 6.45) is 0.920. The molecule has 1 atom stereocenters. The first-order valence-electron chi connectivity index (χ1n) is 5.61. The van der Waals surface area contributed by atoms with Crippen LogP contribution in [0.5, 0.6) is 0 Å². The summed E-state index contributed by atoms with van der Waals surface area (Å²) in [4.78, 5) is 0. The SMILES string of the molecule is CNC(C)Cc1ccc(-c2ccccc2)o1. The molecule has 0 spiro atoms. The van der Waals surface area contributed by atoms with Gasteiger partial charge in [0.25, 0.3) is 0 Å². The highest BCUT2D eigenvalue weighted by Gasteiger charge is 2.06. The fraction of sp³-hybridized carbons (Fsp3) is 0.286. The van der Waals surface area contributed by atoms with Crippen LogP contribution in [0.25, 0.3) is 11.3 Å². The molecule has 0 fully saturated rings. The van der Waals surface area contributed by atoms with Crippen LogP contribution in [0.4, 0.5) is 0 Å². The largest absolute Gasteiger partial charge is 0.461 e. The highest BCUT2D eigenvalue weighted by atomic mass is 16.3. The number of hydrogen-bond acceptors (Lipinski definition) is 2. The van der Waals surface area contributed by atoms with Gasteiger partial charge in [0.15, 0.2) is 0 Å². The zero-order chi connectivity index (χ0) is 11.4. The lowest BCUT2D eigenvalue weighted by molar-refractivity contribution is 0.481. The summed E-state index contributed by atoms with van der Waals surface area (Å²) in [5, 5.41) is 3.20. The number of rotatable bonds is 4. The number of benzene rings is 1. The molecule has 0 amide bonds. The third kappa shape index (κ3) is 2.52. The molecule has 0 aliphatic carbocycles. The summed E-state index contributed by atoms with van der Waals surface area (Å²) in [6.45, 7) is 2.14. The second-order valence-corrected chi connectivity index (χ2v) is 4.03. The molecule has 1 aromatic carbocycles. The number of likely N-dealkylation sites (N-methyl/N-ethyl adjacent to an activating group) is 1. The van der Waals surface area contributed by atoms with Crippen LogP contribution in [0.2, 0.25) is 0 Å². The van der Waals surface area contributed by atoms with E-state index in [1.165, 1.54) is 0 Å². The van der Waals surface area contributed by atoms with E-state index in [1.807, 2.05) is 31.3 Å². The molecule has 2 heteroatoms. The van der Waals surface area contributed by atoms with E-state index in [9.17, 15) is 0 Å². The van der Waals surface area contributed by atoms with E-state index in [0.717, 1.165) is 23.5 Å². The molecule has 2 rings (SSSR count). The summed E-state index contributed by atoms with van der Waals surface area (Å²) < 4.78 is 5.80. The predicted molar refractivity (Wildman–Crippen MR) is 66.4 cm³/mol. The second-order valence-electron chi connectivity index (χ2n) is 4.03. The van der Waals surface area contributed by atoms with Crippen LogP contribution in [0.3, 0.4) is 0 Å². The van der Waals surface area contributed by atoms with Crippen LogP contribution in [0.15, 0.2) is 46.9 Å². The Labute approximate surface area is 96.3 Å². The van der Waals surface area contributed by atoms with E-state index in [2.05, 4.69) is 30.4 Å². The fourth-order valence-electron chi connectivity index (χ4n) is 1.65. The van der Waals surface area contributed by atoms with Crippen LogP contribution >= 0.6 is 0 Å². The van der Waals surface area contributed by atoms with Gasteiger partial charge in [-0.1, -0.05) is 30.3 Å². The molecule has 1 aromatic heterocycles. The maximum absolute atomic E-state index is 5.80. The smallest absolute Gasteiger partial charge is 0.134 e. The van der Waals surface area contributed by atoms with Crippen LogP contribution in [0.1, 0.15) is 12.7 Å². The molecule has 0 aliphatic rings. The summed E-state index contributed by atoms with van der Waals surface area (Å²) in [5.74, 6) is 1.97. The highest BCUT2D eigenvalue weighted by Crippen LogP contribution is 2.22. The topological polar surface area (TPSA) is 25.2 Å². The van der Waals surface area contributed by atoms with Crippen molar-refractivity contribution in [2.75, 3.05) is 7.05 Å².